The van der Waals surface area contributed by atoms with E-state index in [0.717, 1.165) is 0 Å². The lowest BCUT2D eigenvalue weighted by molar-refractivity contribution is -0.123. The highest BCUT2D eigenvalue weighted by atomic mass is 35.5. The smallest absolute Gasteiger partial charge is 0.276 e. The van der Waals surface area contributed by atoms with E-state index in [1.54, 1.807) is 27.8 Å². The summed E-state index contributed by atoms with van der Waals surface area (Å²) in [6, 6.07) is 0. The summed E-state index contributed by atoms with van der Waals surface area (Å²) in [6.45, 7) is 6.59. The predicted octanol–water partition coefficient (Wildman–Crippen LogP) is 1.60. The molecule has 0 unspecified atom stereocenters. The van der Waals surface area contributed by atoms with Crippen molar-refractivity contribution in [2.75, 3.05) is 32.5 Å². The van der Waals surface area contributed by atoms with Crippen LogP contribution in [0.2, 0.25) is 0 Å². The Morgan fingerprint density at radius 3 is 2.26 bits per heavy atom. The first-order valence-electron chi connectivity index (χ1n) is 6.80. The molecule has 1 heterocycles. The van der Waals surface area contributed by atoms with E-state index >= 15 is 0 Å². The predicted molar refractivity (Wildman–Crippen MR) is 95.5 cm³/mol. The van der Waals surface area contributed by atoms with E-state index in [2.05, 4.69) is 20.6 Å². The molecule has 2 N–H and O–H groups in total. The van der Waals surface area contributed by atoms with Crippen molar-refractivity contribution >= 4 is 42.4 Å². The summed E-state index contributed by atoms with van der Waals surface area (Å²) in [7, 11) is 3.50. The third kappa shape index (κ3) is 7.11. The van der Waals surface area contributed by atoms with Gasteiger partial charge in [0.25, 0.3) is 5.91 Å². The van der Waals surface area contributed by atoms with Gasteiger partial charge in [0.05, 0.1) is 0 Å². The third-order valence-corrected chi connectivity index (χ3v) is 2.86. The highest BCUT2D eigenvalue weighted by molar-refractivity contribution is 6.02. The lowest BCUT2D eigenvalue weighted by Gasteiger charge is -2.20. The van der Waals surface area contributed by atoms with Crippen LogP contribution >= 0.6 is 24.8 Å². The van der Waals surface area contributed by atoms with Crippen molar-refractivity contribution in [2.45, 2.75) is 20.8 Å². The van der Waals surface area contributed by atoms with Crippen molar-refractivity contribution in [3.63, 3.8) is 0 Å². The second-order valence-corrected chi connectivity index (χ2v) is 5.79. The third-order valence-electron chi connectivity index (χ3n) is 2.86. The van der Waals surface area contributed by atoms with Gasteiger partial charge in [0.1, 0.15) is 0 Å². The number of likely N-dealkylation sites (N-methyl/N-ethyl adjacent to an activating group) is 2. The average Bonchev–Trinajstić information content (AvgIpc) is 2.43. The van der Waals surface area contributed by atoms with Crippen LogP contribution in [0.25, 0.3) is 0 Å². The molecule has 0 atom stereocenters. The zero-order chi connectivity index (χ0) is 16.0. The maximum Gasteiger partial charge on any atom is 0.276 e. The molecule has 0 saturated carbocycles. The number of halogens is 2. The van der Waals surface area contributed by atoms with E-state index in [1.165, 1.54) is 17.3 Å². The molecule has 9 heteroatoms. The van der Waals surface area contributed by atoms with Crippen molar-refractivity contribution in [1.82, 2.24) is 20.2 Å². The van der Waals surface area contributed by atoms with E-state index in [0.29, 0.717) is 13.1 Å². The molecule has 1 aromatic heterocycles. The highest BCUT2D eigenvalue weighted by Crippen LogP contribution is 2.18. The van der Waals surface area contributed by atoms with Gasteiger partial charge in [0, 0.05) is 37.9 Å². The number of nitrogens with one attached hydrogen (secondary N) is 2. The van der Waals surface area contributed by atoms with Crippen LogP contribution in [0.15, 0.2) is 12.4 Å². The van der Waals surface area contributed by atoms with Gasteiger partial charge < -0.3 is 15.5 Å². The number of hydrogen-bond donors (Lipinski definition) is 2. The van der Waals surface area contributed by atoms with Crippen molar-refractivity contribution < 1.29 is 9.59 Å². The summed E-state index contributed by atoms with van der Waals surface area (Å²) < 4.78 is 0. The Hall–Kier alpha value is -1.44. The van der Waals surface area contributed by atoms with Gasteiger partial charge in [-0.1, -0.05) is 20.8 Å². The monoisotopic (exact) mass is 365 g/mol. The number of nitrogens with zero attached hydrogens (tertiary/aromatic N) is 3. The fraction of sp³-hybridized carbons (Fsp3) is 0.571. The van der Waals surface area contributed by atoms with Gasteiger partial charge in [-0.05, 0) is 7.05 Å². The molecule has 2 amide bonds. The Kier molecular flexibility index (Phi) is 10.7. The van der Waals surface area contributed by atoms with Crippen LogP contribution in [-0.2, 0) is 4.79 Å². The molecule has 0 radical (unpaired) electrons. The molecule has 1 aromatic rings. The van der Waals surface area contributed by atoms with E-state index in [1.807, 2.05) is 7.05 Å². The molecule has 23 heavy (non-hydrogen) atoms. The van der Waals surface area contributed by atoms with Gasteiger partial charge in [0.15, 0.2) is 11.5 Å². The first-order valence-corrected chi connectivity index (χ1v) is 6.80. The Morgan fingerprint density at radius 2 is 1.74 bits per heavy atom. The molecular weight excluding hydrogens is 341 g/mol. The second-order valence-electron chi connectivity index (χ2n) is 5.79. The highest BCUT2D eigenvalue weighted by Gasteiger charge is 2.25. The number of aromatic nitrogens is 2. The fourth-order valence-corrected chi connectivity index (χ4v) is 1.44. The lowest BCUT2D eigenvalue weighted by Crippen LogP contribution is -2.35. The molecule has 0 fully saturated rings. The Bertz CT molecular complexity index is 520. The van der Waals surface area contributed by atoms with Crippen molar-refractivity contribution in [3.8, 4) is 0 Å². The van der Waals surface area contributed by atoms with Crippen molar-refractivity contribution in [2.24, 2.45) is 5.41 Å². The number of anilines is 1. The molecule has 0 aliphatic heterocycles. The first-order chi connectivity index (χ1) is 9.77. The van der Waals surface area contributed by atoms with E-state index < -0.39 is 5.41 Å². The summed E-state index contributed by atoms with van der Waals surface area (Å²) in [5.74, 6) is -0.295. The number of hydrogen-bond acceptors (Lipinski definition) is 5. The average molecular weight is 366 g/mol. The topological polar surface area (TPSA) is 87.2 Å². The van der Waals surface area contributed by atoms with Gasteiger partial charge in [-0.25, -0.2) is 9.97 Å². The molecule has 0 saturated heterocycles. The van der Waals surface area contributed by atoms with E-state index in [4.69, 9.17) is 0 Å². The quantitative estimate of drug-likeness (QED) is 0.827. The van der Waals surface area contributed by atoms with Gasteiger partial charge in [-0.15, -0.1) is 24.8 Å². The lowest BCUT2D eigenvalue weighted by atomic mass is 9.96. The standard InChI is InChI=1S/C14H23N5O2.2ClH/c1-14(2,3)13(21)18-11-10(16-6-7-17-11)12(20)19(5)9-8-15-4;;/h6-7,15H,8-9H2,1-5H3,(H,17,18,21);2*1H. The van der Waals surface area contributed by atoms with Gasteiger partial charge in [-0.2, -0.15) is 0 Å². The number of carbonyl (C=O) groups excluding carboxylic acids is 2. The summed E-state index contributed by atoms with van der Waals surface area (Å²) in [6.07, 6.45) is 2.88. The summed E-state index contributed by atoms with van der Waals surface area (Å²) >= 11 is 0. The minimum Gasteiger partial charge on any atom is -0.339 e. The molecule has 0 aliphatic carbocycles. The van der Waals surface area contributed by atoms with Crippen LogP contribution in [0.4, 0.5) is 5.82 Å². The SMILES string of the molecule is CNCCN(C)C(=O)c1nccnc1NC(=O)C(C)(C)C.Cl.Cl. The first kappa shape index (κ1) is 23.8. The molecule has 0 spiro atoms. The largest absolute Gasteiger partial charge is 0.339 e. The fourth-order valence-electron chi connectivity index (χ4n) is 1.44. The second kappa shape index (κ2) is 10.4. The molecule has 0 aromatic carbocycles. The number of rotatable bonds is 5. The number of carbonyl (C=O) groups is 2. The van der Waals surface area contributed by atoms with Crippen LogP contribution < -0.4 is 10.6 Å². The minimum absolute atomic E-state index is 0. The van der Waals surface area contributed by atoms with Gasteiger partial charge >= 0.3 is 0 Å². The van der Waals surface area contributed by atoms with Crippen LogP contribution in [-0.4, -0.2) is 53.9 Å². The maximum atomic E-state index is 12.3. The molecule has 132 valence electrons. The van der Waals surface area contributed by atoms with E-state index in [9.17, 15) is 9.59 Å². The summed E-state index contributed by atoms with van der Waals surface area (Å²) in [4.78, 5) is 34.0. The van der Waals surface area contributed by atoms with Crippen LogP contribution in [0.5, 0.6) is 0 Å². The molecule has 7 nitrogen and oxygen atoms in total. The molecule has 1 rings (SSSR count). The Labute approximate surface area is 149 Å². The Morgan fingerprint density at radius 1 is 1.17 bits per heavy atom. The maximum absolute atomic E-state index is 12.3. The number of amides is 2. The van der Waals surface area contributed by atoms with Crippen LogP contribution in [0, 0.1) is 5.41 Å². The van der Waals surface area contributed by atoms with Crippen molar-refractivity contribution in [1.29, 1.82) is 0 Å². The molecule has 0 aliphatic rings. The van der Waals surface area contributed by atoms with Crippen LogP contribution in [0.3, 0.4) is 0 Å². The van der Waals surface area contributed by atoms with E-state index in [-0.39, 0.29) is 48.1 Å². The van der Waals surface area contributed by atoms with Gasteiger partial charge in [-0.3, -0.25) is 9.59 Å². The van der Waals surface area contributed by atoms with Crippen LogP contribution in [0.1, 0.15) is 31.3 Å². The minimum atomic E-state index is -0.574. The molecular formula is C14H25Cl2N5O2. The zero-order valence-corrected chi connectivity index (χ0v) is 15.7. The summed E-state index contributed by atoms with van der Waals surface area (Å²) in [5, 5.41) is 5.64. The zero-order valence-electron chi connectivity index (χ0n) is 14.0. The van der Waals surface area contributed by atoms with Crippen molar-refractivity contribution in [3.05, 3.63) is 18.1 Å². The summed E-state index contributed by atoms with van der Waals surface area (Å²) in [5.41, 5.74) is -0.427. The molecule has 0 bridgehead atoms. The Balaban J connectivity index is 0. The van der Waals surface area contributed by atoms with Gasteiger partial charge in [0.2, 0.25) is 5.91 Å². The normalized spacial score (nSPS) is 10.1.